The lowest BCUT2D eigenvalue weighted by Crippen LogP contribution is -2.05. The Morgan fingerprint density at radius 2 is 1.81 bits per heavy atom. The summed E-state index contributed by atoms with van der Waals surface area (Å²) in [6.45, 7) is 4.39. The van der Waals surface area contributed by atoms with Crippen molar-refractivity contribution in [2.45, 2.75) is 65.2 Å². The summed E-state index contributed by atoms with van der Waals surface area (Å²) in [5.41, 5.74) is 2.67. The van der Waals surface area contributed by atoms with Gasteiger partial charge in [-0.2, -0.15) is 0 Å². The van der Waals surface area contributed by atoms with Crippen molar-refractivity contribution >= 4 is 0 Å². The lowest BCUT2D eigenvalue weighted by molar-refractivity contribution is 0.442. The molecule has 1 saturated carbocycles. The van der Waals surface area contributed by atoms with Gasteiger partial charge in [-0.3, -0.25) is 4.98 Å². The maximum atomic E-state index is 4.55. The van der Waals surface area contributed by atoms with Crippen molar-refractivity contribution in [1.82, 2.24) is 4.98 Å². The van der Waals surface area contributed by atoms with Gasteiger partial charge in [0.15, 0.2) is 0 Å². The van der Waals surface area contributed by atoms with Gasteiger partial charge in [-0.05, 0) is 36.3 Å². The van der Waals surface area contributed by atoms with Crippen LogP contribution in [0.2, 0.25) is 0 Å². The minimum atomic E-state index is 0. The lowest BCUT2D eigenvalue weighted by atomic mass is 9.85. The molecule has 0 bridgehead atoms. The fourth-order valence-electron chi connectivity index (χ4n) is 2.44. The molecular weight excluding hydrogens is 194 g/mol. The van der Waals surface area contributed by atoms with E-state index >= 15 is 0 Å². The van der Waals surface area contributed by atoms with Crippen LogP contribution in [0.5, 0.6) is 0 Å². The predicted molar refractivity (Wildman–Crippen MR) is 70.9 cm³/mol. The van der Waals surface area contributed by atoms with E-state index in [4.69, 9.17) is 0 Å². The average Bonchev–Trinajstić information content (AvgIpc) is 2.30. The van der Waals surface area contributed by atoms with Gasteiger partial charge in [0.05, 0.1) is 0 Å². The van der Waals surface area contributed by atoms with Gasteiger partial charge in [0, 0.05) is 11.9 Å². The van der Waals surface area contributed by atoms with Crippen molar-refractivity contribution in [3.8, 4) is 0 Å². The summed E-state index contributed by atoms with van der Waals surface area (Å²) in [7, 11) is 0. The largest absolute Gasteiger partial charge is 0.261 e. The van der Waals surface area contributed by atoms with Gasteiger partial charge in [0.2, 0.25) is 0 Å². The van der Waals surface area contributed by atoms with Crippen LogP contribution in [0.3, 0.4) is 0 Å². The third-order valence-corrected chi connectivity index (χ3v) is 3.48. The van der Waals surface area contributed by atoms with Gasteiger partial charge in [0.1, 0.15) is 0 Å². The van der Waals surface area contributed by atoms with Crippen LogP contribution in [0.15, 0.2) is 18.3 Å². The number of hydrogen-bond donors (Lipinski definition) is 0. The fourth-order valence-corrected chi connectivity index (χ4v) is 2.44. The summed E-state index contributed by atoms with van der Waals surface area (Å²) in [6.07, 6.45) is 9.05. The van der Waals surface area contributed by atoms with Crippen LogP contribution in [0.4, 0.5) is 0 Å². The lowest BCUT2D eigenvalue weighted by Gasteiger charge is -2.21. The molecule has 0 atom stereocenters. The molecule has 1 aromatic heterocycles. The second-order valence-corrected chi connectivity index (χ2v) is 5.01. The van der Waals surface area contributed by atoms with Crippen LogP contribution in [-0.2, 0) is 0 Å². The van der Waals surface area contributed by atoms with Crippen LogP contribution in [0.1, 0.15) is 76.5 Å². The first-order valence-electron chi connectivity index (χ1n) is 6.23. The monoisotopic (exact) mass is 219 g/mol. The highest BCUT2D eigenvalue weighted by Gasteiger charge is 2.15. The van der Waals surface area contributed by atoms with E-state index in [1.54, 1.807) is 0 Å². The second-order valence-electron chi connectivity index (χ2n) is 5.01. The average molecular weight is 219 g/mol. The first kappa shape index (κ1) is 13.2. The van der Waals surface area contributed by atoms with Crippen LogP contribution >= 0.6 is 0 Å². The smallest absolute Gasteiger partial charge is 0.0429 e. The van der Waals surface area contributed by atoms with Crippen molar-refractivity contribution in [3.63, 3.8) is 0 Å². The number of aromatic nitrogens is 1. The Labute approximate surface area is 100 Å². The van der Waals surface area contributed by atoms with E-state index in [2.05, 4.69) is 37.2 Å². The minimum absolute atomic E-state index is 0. The Morgan fingerprint density at radius 3 is 2.31 bits per heavy atom. The minimum Gasteiger partial charge on any atom is -0.261 e. The maximum absolute atomic E-state index is 4.55. The molecule has 16 heavy (non-hydrogen) atoms. The zero-order chi connectivity index (χ0) is 10.7. The van der Waals surface area contributed by atoms with Gasteiger partial charge < -0.3 is 0 Å². The molecule has 1 aliphatic carbocycles. The van der Waals surface area contributed by atoms with Gasteiger partial charge in [-0.25, -0.2) is 0 Å². The first-order chi connectivity index (χ1) is 7.27. The summed E-state index contributed by atoms with van der Waals surface area (Å²) in [5, 5.41) is 0. The zero-order valence-corrected chi connectivity index (χ0v) is 9.87. The van der Waals surface area contributed by atoms with Gasteiger partial charge >= 0.3 is 0 Å². The molecule has 1 heteroatoms. The van der Waals surface area contributed by atoms with E-state index in [0.717, 1.165) is 5.92 Å². The highest BCUT2D eigenvalue weighted by atomic mass is 14.7. The normalized spacial score (nSPS) is 17.2. The van der Waals surface area contributed by atoms with Crippen molar-refractivity contribution < 1.29 is 0 Å². The molecule has 1 fully saturated rings. The molecule has 0 spiro atoms. The third-order valence-electron chi connectivity index (χ3n) is 3.48. The van der Waals surface area contributed by atoms with Crippen LogP contribution in [0.25, 0.3) is 0 Å². The van der Waals surface area contributed by atoms with E-state index in [1.807, 2.05) is 0 Å². The zero-order valence-electron chi connectivity index (χ0n) is 9.87. The van der Waals surface area contributed by atoms with E-state index in [-0.39, 0.29) is 7.43 Å². The van der Waals surface area contributed by atoms with Crippen molar-refractivity contribution in [2.75, 3.05) is 0 Å². The molecule has 0 aliphatic heterocycles. The molecule has 0 unspecified atom stereocenters. The summed E-state index contributed by atoms with van der Waals surface area (Å²) in [5.74, 6) is 1.33. The quantitative estimate of drug-likeness (QED) is 0.690. The van der Waals surface area contributed by atoms with Crippen LogP contribution in [-0.4, -0.2) is 4.98 Å². The summed E-state index contributed by atoms with van der Waals surface area (Å²) in [4.78, 5) is 4.55. The van der Waals surface area contributed by atoms with Gasteiger partial charge in [-0.1, -0.05) is 46.6 Å². The molecule has 0 aromatic carbocycles. The molecule has 0 N–H and O–H groups in total. The van der Waals surface area contributed by atoms with Crippen molar-refractivity contribution in [1.29, 1.82) is 0 Å². The predicted octanol–water partition coefficient (Wildman–Crippen LogP) is 4.89. The molecule has 1 aromatic rings. The maximum Gasteiger partial charge on any atom is 0.0429 e. The third kappa shape index (κ3) is 3.07. The van der Waals surface area contributed by atoms with E-state index in [0.29, 0.717) is 5.92 Å². The highest BCUT2D eigenvalue weighted by Crippen LogP contribution is 2.32. The van der Waals surface area contributed by atoms with Crippen LogP contribution < -0.4 is 0 Å². The van der Waals surface area contributed by atoms with Gasteiger partial charge in [0.25, 0.3) is 0 Å². The second kappa shape index (κ2) is 6.03. The Balaban J connectivity index is 0.00000128. The molecule has 1 aliphatic rings. The molecule has 1 nitrogen and oxygen atoms in total. The van der Waals surface area contributed by atoms with Crippen LogP contribution in [0, 0.1) is 0 Å². The Hall–Kier alpha value is -0.850. The fraction of sp³-hybridized carbons (Fsp3) is 0.667. The standard InChI is InChI=1S/C14H21N.CH4/c1-11(2)14-9-8-13(10-15-14)12-6-4-3-5-7-12;/h8-12H,3-7H2,1-2H3;1H4. The number of nitrogens with zero attached hydrogens (tertiary/aromatic N) is 1. The summed E-state index contributed by atoms with van der Waals surface area (Å²) >= 11 is 0. The van der Waals surface area contributed by atoms with E-state index in [1.165, 1.54) is 43.4 Å². The molecule has 0 radical (unpaired) electrons. The summed E-state index contributed by atoms with van der Waals surface area (Å²) in [6, 6.07) is 4.49. The Morgan fingerprint density at radius 1 is 1.12 bits per heavy atom. The highest BCUT2D eigenvalue weighted by molar-refractivity contribution is 5.20. The first-order valence-corrected chi connectivity index (χ1v) is 6.23. The van der Waals surface area contributed by atoms with E-state index in [9.17, 15) is 0 Å². The number of hydrogen-bond acceptors (Lipinski definition) is 1. The molecular formula is C15H25N. The molecule has 90 valence electrons. The van der Waals surface area contributed by atoms with Crippen molar-refractivity contribution in [3.05, 3.63) is 29.6 Å². The Kier molecular flexibility index (Phi) is 4.98. The van der Waals surface area contributed by atoms with E-state index < -0.39 is 0 Å². The van der Waals surface area contributed by atoms with Crippen molar-refractivity contribution in [2.24, 2.45) is 0 Å². The molecule has 0 saturated heterocycles. The van der Waals surface area contributed by atoms with Gasteiger partial charge in [-0.15, -0.1) is 0 Å². The Bertz CT molecular complexity index is 294. The number of pyridine rings is 1. The summed E-state index contributed by atoms with van der Waals surface area (Å²) < 4.78 is 0. The number of rotatable bonds is 2. The molecule has 2 rings (SSSR count). The molecule has 0 amide bonds. The SMILES string of the molecule is C.CC(C)c1ccc(C2CCCCC2)cn1. The topological polar surface area (TPSA) is 12.9 Å². The molecule has 1 heterocycles.